The smallest absolute Gasteiger partial charge is 0.276 e. The van der Waals surface area contributed by atoms with Gasteiger partial charge in [0, 0.05) is 17.6 Å². The molecule has 1 fully saturated rings. The average Bonchev–Trinajstić information content (AvgIpc) is 3.52. The van der Waals surface area contributed by atoms with Gasteiger partial charge in [0.25, 0.3) is 5.91 Å². The number of hydrogen-bond acceptors (Lipinski definition) is 9. The molecular weight excluding hydrogens is 533 g/mol. The molecule has 0 spiro atoms. The Balaban J connectivity index is 1.13. The van der Waals surface area contributed by atoms with E-state index >= 15 is 4.39 Å². The van der Waals surface area contributed by atoms with Crippen LogP contribution in [0.4, 0.5) is 10.1 Å². The SMILES string of the molecule is O=C(N/N=C/c1ccc2c(c1)OCO2)c1cn(C2CC2)c2cc(N/N=C/c3ccc4c(c3)OCO4)c(F)cc2c1=O. The van der Waals surface area contributed by atoms with E-state index in [4.69, 9.17) is 18.9 Å². The molecule has 12 heteroatoms. The lowest BCUT2D eigenvalue weighted by Crippen LogP contribution is -2.27. The van der Waals surface area contributed by atoms with Gasteiger partial charge >= 0.3 is 0 Å². The molecule has 11 nitrogen and oxygen atoms in total. The van der Waals surface area contributed by atoms with Crippen LogP contribution in [-0.2, 0) is 0 Å². The summed E-state index contributed by atoms with van der Waals surface area (Å²) in [7, 11) is 0. The third-order valence-corrected chi connectivity index (χ3v) is 6.88. The molecule has 3 heterocycles. The first-order valence-electron chi connectivity index (χ1n) is 12.8. The summed E-state index contributed by atoms with van der Waals surface area (Å²) >= 11 is 0. The van der Waals surface area contributed by atoms with E-state index in [-0.39, 0.29) is 36.3 Å². The van der Waals surface area contributed by atoms with E-state index in [2.05, 4.69) is 21.1 Å². The van der Waals surface area contributed by atoms with Crippen LogP contribution in [0.1, 0.15) is 40.4 Å². The summed E-state index contributed by atoms with van der Waals surface area (Å²) in [5, 5.41) is 8.22. The Morgan fingerprint density at radius 3 is 2.17 bits per heavy atom. The minimum atomic E-state index is -0.695. The molecule has 2 aliphatic heterocycles. The number of amides is 1. The second-order valence-electron chi connectivity index (χ2n) is 9.65. The van der Waals surface area contributed by atoms with Gasteiger partial charge in [0.2, 0.25) is 19.0 Å². The van der Waals surface area contributed by atoms with Gasteiger partial charge in [0.1, 0.15) is 11.4 Å². The Kier molecular flexibility index (Phi) is 5.99. The van der Waals surface area contributed by atoms with E-state index in [1.165, 1.54) is 24.7 Å². The topological polar surface area (TPSA) is 125 Å². The second kappa shape index (κ2) is 9.97. The van der Waals surface area contributed by atoms with Gasteiger partial charge in [-0.3, -0.25) is 15.0 Å². The van der Waals surface area contributed by atoms with Gasteiger partial charge in [0.15, 0.2) is 23.0 Å². The highest BCUT2D eigenvalue weighted by Crippen LogP contribution is 2.38. The van der Waals surface area contributed by atoms with Crippen molar-refractivity contribution in [2.75, 3.05) is 19.0 Å². The minimum Gasteiger partial charge on any atom is -0.454 e. The molecule has 1 amide bonds. The molecule has 4 aromatic rings. The van der Waals surface area contributed by atoms with Gasteiger partial charge in [-0.15, -0.1) is 0 Å². The summed E-state index contributed by atoms with van der Waals surface area (Å²) in [5.41, 5.74) is 6.38. The van der Waals surface area contributed by atoms with E-state index in [0.717, 1.165) is 24.5 Å². The predicted molar refractivity (Wildman–Crippen MR) is 148 cm³/mol. The summed E-state index contributed by atoms with van der Waals surface area (Å²) in [6.45, 7) is 0.311. The van der Waals surface area contributed by atoms with Gasteiger partial charge in [-0.1, -0.05) is 0 Å². The molecule has 1 aromatic heterocycles. The molecule has 7 rings (SSSR count). The molecule has 0 unspecified atom stereocenters. The number of benzene rings is 3. The Morgan fingerprint density at radius 1 is 0.878 bits per heavy atom. The van der Waals surface area contributed by atoms with Crippen molar-refractivity contribution in [3.05, 3.63) is 87.5 Å². The maximum Gasteiger partial charge on any atom is 0.276 e. The number of rotatable bonds is 7. The fraction of sp³-hybridized carbons (Fsp3) is 0.172. The lowest BCUT2D eigenvalue weighted by molar-refractivity contribution is 0.0953. The fourth-order valence-corrected chi connectivity index (χ4v) is 4.66. The number of halogens is 1. The van der Waals surface area contributed by atoms with Gasteiger partial charge in [-0.2, -0.15) is 10.2 Å². The summed E-state index contributed by atoms with van der Waals surface area (Å²) in [6, 6.07) is 13.3. The Bertz CT molecular complexity index is 1830. The van der Waals surface area contributed by atoms with Crippen LogP contribution in [0.5, 0.6) is 23.0 Å². The number of nitrogens with one attached hydrogen (secondary N) is 2. The zero-order valence-corrected chi connectivity index (χ0v) is 21.4. The number of nitrogens with zero attached hydrogens (tertiary/aromatic N) is 3. The van der Waals surface area contributed by atoms with Crippen molar-refractivity contribution >= 4 is 34.9 Å². The van der Waals surface area contributed by atoms with Crippen molar-refractivity contribution in [2.24, 2.45) is 10.2 Å². The van der Waals surface area contributed by atoms with Crippen LogP contribution in [0.2, 0.25) is 0 Å². The number of fused-ring (bicyclic) bond motifs is 3. The van der Waals surface area contributed by atoms with E-state index in [9.17, 15) is 9.59 Å². The van der Waals surface area contributed by atoms with Gasteiger partial charge in [-0.05, 0) is 72.5 Å². The summed E-state index contributed by atoms with van der Waals surface area (Å²) in [4.78, 5) is 26.2. The molecule has 0 radical (unpaired) electrons. The third-order valence-electron chi connectivity index (χ3n) is 6.88. The maximum absolute atomic E-state index is 15.1. The van der Waals surface area contributed by atoms with Crippen LogP contribution in [0.3, 0.4) is 0 Å². The molecule has 206 valence electrons. The van der Waals surface area contributed by atoms with Crippen LogP contribution >= 0.6 is 0 Å². The highest BCUT2D eigenvalue weighted by atomic mass is 19.1. The maximum atomic E-state index is 15.1. The molecule has 0 saturated heterocycles. The van der Waals surface area contributed by atoms with Crippen molar-refractivity contribution in [3.63, 3.8) is 0 Å². The lowest BCUT2D eigenvalue weighted by atomic mass is 10.1. The molecule has 2 N–H and O–H groups in total. The third kappa shape index (κ3) is 4.80. The fourth-order valence-electron chi connectivity index (χ4n) is 4.66. The van der Waals surface area contributed by atoms with Crippen molar-refractivity contribution in [2.45, 2.75) is 18.9 Å². The first-order chi connectivity index (χ1) is 20.0. The molecule has 0 atom stereocenters. The number of hydrazone groups is 2. The highest BCUT2D eigenvalue weighted by molar-refractivity contribution is 5.98. The number of pyridine rings is 1. The molecular formula is C29H22FN5O6. The Labute approximate surface area is 231 Å². The van der Waals surface area contributed by atoms with Crippen LogP contribution < -0.4 is 35.2 Å². The van der Waals surface area contributed by atoms with Crippen LogP contribution in [0, 0.1) is 5.82 Å². The van der Waals surface area contributed by atoms with Crippen LogP contribution in [0.15, 0.2) is 69.7 Å². The molecule has 0 bridgehead atoms. The number of ether oxygens (including phenoxy) is 4. The predicted octanol–water partition coefficient (Wildman–Crippen LogP) is 4.14. The summed E-state index contributed by atoms with van der Waals surface area (Å²) in [6.07, 6.45) is 6.22. The Morgan fingerprint density at radius 2 is 1.51 bits per heavy atom. The molecule has 1 aliphatic carbocycles. The van der Waals surface area contributed by atoms with Crippen LogP contribution in [0.25, 0.3) is 10.9 Å². The normalized spacial score (nSPS) is 15.2. The second-order valence-corrected chi connectivity index (χ2v) is 9.65. The van der Waals surface area contributed by atoms with E-state index in [1.54, 1.807) is 36.4 Å². The molecule has 1 saturated carbocycles. The largest absolute Gasteiger partial charge is 0.454 e. The van der Waals surface area contributed by atoms with Crippen molar-refractivity contribution in [1.29, 1.82) is 0 Å². The monoisotopic (exact) mass is 555 g/mol. The number of carbonyl (C=O) groups excluding carboxylic acids is 1. The molecule has 3 aromatic carbocycles. The van der Waals surface area contributed by atoms with Gasteiger partial charge in [0.05, 0.1) is 23.6 Å². The number of anilines is 1. The first kappa shape index (κ1) is 24.6. The van der Waals surface area contributed by atoms with Crippen LogP contribution in [-0.4, -0.2) is 36.5 Å². The van der Waals surface area contributed by atoms with Crippen molar-refractivity contribution < 1.29 is 28.1 Å². The van der Waals surface area contributed by atoms with E-state index < -0.39 is 17.2 Å². The molecule has 41 heavy (non-hydrogen) atoms. The number of aromatic nitrogens is 1. The van der Waals surface area contributed by atoms with Crippen molar-refractivity contribution in [3.8, 4) is 23.0 Å². The highest BCUT2D eigenvalue weighted by Gasteiger charge is 2.27. The van der Waals surface area contributed by atoms with Gasteiger partial charge in [-0.25, -0.2) is 9.82 Å². The molecule has 3 aliphatic rings. The zero-order chi connectivity index (χ0) is 27.9. The van der Waals surface area contributed by atoms with E-state index in [0.29, 0.717) is 34.1 Å². The zero-order valence-electron chi connectivity index (χ0n) is 21.4. The standard InChI is InChI=1S/C29H22FN5O6/c30-21-9-19-23(10-22(21)33-31-11-16-1-5-24-26(7-16)40-14-38-24)35(18-3-4-18)13-20(28(19)36)29(37)34-32-12-17-2-6-25-27(8-17)41-15-39-25/h1-2,5-13,18,33H,3-4,14-15H2,(H,34,37)/b31-11+,32-12+. The number of hydrogen-bond donors (Lipinski definition) is 2. The first-order valence-corrected chi connectivity index (χ1v) is 12.8. The number of carbonyl (C=O) groups is 1. The quantitative estimate of drug-likeness (QED) is 0.259. The lowest BCUT2D eigenvalue weighted by Gasteiger charge is -2.14. The minimum absolute atomic E-state index is 0.0899. The summed E-state index contributed by atoms with van der Waals surface area (Å²) in [5.74, 6) is 1.09. The van der Waals surface area contributed by atoms with Crippen molar-refractivity contribution in [1.82, 2.24) is 9.99 Å². The van der Waals surface area contributed by atoms with Gasteiger partial charge < -0.3 is 23.5 Å². The summed E-state index contributed by atoms with van der Waals surface area (Å²) < 4.78 is 38.2. The average molecular weight is 556 g/mol. The van der Waals surface area contributed by atoms with E-state index in [1.807, 2.05) is 4.57 Å². The Hall–Kier alpha value is -5.39.